The molecule has 2 nitrogen and oxygen atoms in total. The smallest absolute Gasteiger partial charge is 0.125 e. The summed E-state index contributed by atoms with van der Waals surface area (Å²) < 4.78 is 5.70. The summed E-state index contributed by atoms with van der Waals surface area (Å²) in [6, 6.07) is 14.7. The number of aryl methyl sites for hydroxylation is 3. The molecule has 2 N–H and O–H groups in total. The van der Waals surface area contributed by atoms with E-state index in [1.165, 1.54) is 21.9 Å². The molecule has 1 aliphatic carbocycles. The predicted molar refractivity (Wildman–Crippen MR) is 80.8 cm³/mol. The molecule has 2 aromatic carbocycles. The summed E-state index contributed by atoms with van der Waals surface area (Å²) >= 11 is 0. The number of hydrogen-bond acceptors (Lipinski definition) is 2. The predicted octanol–water partition coefficient (Wildman–Crippen LogP) is 3.89. The topological polar surface area (TPSA) is 39.2 Å². The molecule has 0 fully saturated rings. The molecule has 2 heteroatoms. The summed E-state index contributed by atoms with van der Waals surface area (Å²) in [5.74, 6) is 1.74. The van der Waals surface area contributed by atoms with Gasteiger partial charge < -0.3 is 10.2 Å². The van der Waals surface area contributed by atoms with E-state index in [0.29, 0.717) is 0 Å². The summed E-state index contributed by atoms with van der Waals surface area (Å²) in [5.41, 5.74) is 10.5. The third-order valence-corrected chi connectivity index (χ3v) is 4.31. The summed E-state index contributed by atoms with van der Waals surface area (Å²) in [6.07, 6.45) is 2.29. The molecule has 3 aromatic rings. The summed E-state index contributed by atoms with van der Waals surface area (Å²) in [7, 11) is 0. The molecule has 100 valence electrons. The molecule has 0 radical (unpaired) electrons. The van der Waals surface area contributed by atoms with Gasteiger partial charge in [-0.25, -0.2) is 0 Å². The average Bonchev–Trinajstić information content (AvgIpc) is 3.07. The Bertz CT molecular complexity index is 790. The summed E-state index contributed by atoms with van der Waals surface area (Å²) in [6.45, 7) is 1.95. The van der Waals surface area contributed by atoms with Gasteiger partial charge in [-0.2, -0.15) is 0 Å². The van der Waals surface area contributed by atoms with Crippen molar-refractivity contribution in [2.75, 3.05) is 0 Å². The van der Waals surface area contributed by atoms with Crippen molar-refractivity contribution < 1.29 is 4.42 Å². The van der Waals surface area contributed by atoms with Crippen LogP contribution in [0.3, 0.4) is 0 Å². The van der Waals surface area contributed by atoms with E-state index in [1.807, 2.05) is 19.1 Å². The largest absolute Gasteiger partial charge is 0.464 e. The quantitative estimate of drug-likeness (QED) is 0.762. The number of benzene rings is 2. The highest BCUT2D eigenvalue weighted by molar-refractivity contribution is 5.93. The Balaban J connectivity index is 1.93. The molecule has 1 heterocycles. The van der Waals surface area contributed by atoms with E-state index < -0.39 is 0 Å². The fourth-order valence-electron chi connectivity index (χ4n) is 3.31. The van der Waals surface area contributed by atoms with Crippen LogP contribution >= 0.6 is 0 Å². The van der Waals surface area contributed by atoms with E-state index >= 15 is 0 Å². The van der Waals surface area contributed by atoms with Crippen molar-refractivity contribution in [2.45, 2.75) is 25.8 Å². The standard InChI is InChI=1S/C18H17NO/c1-11-5-10-16(20-11)18(19)15-9-8-13-7-6-12-3-2-4-14(15)17(12)13/h2-5,8-10,18H,6-7,19H2,1H3. The summed E-state index contributed by atoms with van der Waals surface area (Å²) in [4.78, 5) is 0. The first-order valence-electron chi connectivity index (χ1n) is 7.09. The first kappa shape index (κ1) is 11.7. The van der Waals surface area contributed by atoms with Gasteiger partial charge in [-0.05, 0) is 59.4 Å². The number of rotatable bonds is 2. The minimum Gasteiger partial charge on any atom is -0.464 e. The molecule has 0 amide bonds. The SMILES string of the molecule is Cc1ccc(C(N)c2ccc3c4c(cccc24)CC3)o1. The Morgan fingerprint density at radius 3 is 2.55 bits per heavy atom. The number of furan rings is 1. The van der Waals surface area contributed by atoms with Crippen LogP contribution in [0.25, 0.3) is 10.8 Å². The molecule has 1 aromatic heterocycles. The Hall–Kier alpha value is -2.06. The maximum absolute atomic E-state index is 6.42. The number of nitrogens with two attached hydrogens (primary N) is 1. The highest BCUT2D eigenvalue weighted by Gasteiger charge is 2.20. The van der Waals surface area contributed by atoms with E-state index in [2.05, 4.69) is 30.3 Å². The Morgan fingerprint density at radius 2 is 1.80 bits per heavy atom. The highest BCUT2D eigenvalue weighted by atomic mass is 16.3. The van der Waals surface area contributed by atoms with Crippen LogP contribution in [-0.2, 0) is 12.8 Å². The van der Waals surface area contributed by atoms with Gasteiger partial charge in [0.05, 0.1) is 6.04 Å². The first-order chi connectivity index (χ1) is 9.74. The van der Waals surface area contributed by atoms with E-state index in [0.717, 1.165) is 29.9 Å². The molecular weight excluding hydrogens is 246 g/mol. The van der Waals surface area contributed by atoms with E-state index in [4.69, 9.17) is 10.2 Å². The Kier molecular flexibility index (Phi) is 2.48. The Morgan fingerprint density at radius 1 is 1.00 bits per heavy atom. The molecule has 0 aliphatic heterocycles. The first-order valence-corrected chi connectivity index (χ1v) is 7.09. The molecular formula is C18H17NO. The Labute approximate surface area is 118 Å². The second-order valence-electron chi connectivity index (χ2n) is 5.58. The van der Waals surface area contributed by atoms with Crippen LogP contribution in [0.15, 0.2) is 46.9 Å². The molecule has 0 bridgehead atoms. The summed E-state index contributed by atoms with van der Waals surface area (Å²) in [5, 5.41) is 2.68. The van der Waals surface area contributed by atoms with E-state index in [-0.39, 0.29) is 6.04 Å². The van der Waals surface area contributed by atoms with Crippen molar-refractivity contribution in [1.29, 1.82) is 0 Å². The molecule has 1 aliphatic rings. The van der Waals surface area contributed by atoms with Gasteiger partial charge in [0.15, 0.2) is 0 Å². The van der Waals surface area contributed by atoms with Crippen molar-refractivity contribution in [3.8, 4) is 0 Å². The maximum atomic E-state index is 6.42. The fourth-order valence-corrected chi connectivity index (χ4v) is 3.31. The molecule has 20 heavy (non-hydrogen) atoms. The van der Waals surface area contributed by atoms with Crippen molar-refractivity contribution in [3.63, 3.8) is 0 Å². The lowest BCUT2D eigenvalue weighted by molar-refractivity contribution is 0.467. The van der Waals surface area contributed by atoms with E-state index in [1.54, 1.807) is 0 Å². The van der Waals surface area contributed by atoms with Gasteiger partial charge in [0.25, 0.3) is 0 Å². The van der Waals surface area contributed by atoms with Gasteiger partial charge in [0.2, 0.25) is 0 Å². The zero-order valence-corrected chi connectivity index (χ0v) is 11.5. The monoisotopic (exact) mass is 263 g/mol. The van der Waals surface area contributed by atoms with Crippen LogP contribution in [0.1, 0.15) is 34.3 Å². The lowest BCUT2D eigenvalue weighted by Crippen LogP contribution is -2.11. The average molecular weight is 263 g/mol. The van der Waals surface area contributed by atoms with Gasteiger partial charge in [-0.1, -0.05) is 30.3 Å². The normalized spacial score (nSPS) is 14.9. The second-order valence-corrected chi connectivity index (χ2v) is 5.58. The molecule has 0 spiro atoms. The third kappa shape index (κ3) is 1.61. The highest BCUT2D eigenvalue weighted by Crippen LogP contribution is 2.36. The molecule has 4 rings (SSSR count). The minimum absolute atomic E-state index is 0.200. The van der Waals surface area contributed by atoms with Crippen molar-refractivity contribution >= 4 is 10.8 Å². The maximum Gasteiger partial charge on any atom is 0.125 e. The number of hydrogen-bond donors (Lipinski definition) is 1. The van der Waals surface area contributed by atoms with E-state index in [9.17, 15) is 0 Å². The van der Waals surface area contributed by atoms with Crippen LogP contribution in [0.5, 0.6) is 0 Å². The molecule has 0 saturated heterocycles. The van der Waals surface area contributed by atoms with Gasteiger partial charge in [-0.3, -0.25) is 0 Å². The van der Waals surface area contributed by atoms with Gasteiger partial charge in [0.1, 0.15) is 11.5 Å². The van der Waals surface area contributed by atoms with Crippen LogP contribution in [0, 0.1) is 6.92 Å². The van der Waals surface area contributed by atoms with Crippen LogP contribution in [-0.4, -0.2) is 0 Å². The third-order valence-electron chi connectivity index (χ3n) is 4.31. The minimum atomic E-state index is -0.200. The van der Waals surface area contributed by atoms with Crippen molar-refractivity contribution in [3.05, 3.63) is 70.7 Å². The van der Waals surface area contributed by atoms with Gasteiger partial charge >= 0.3 is 0 Å². The molecule has 0 saturated carbocycles. The zero-order valence-electron chi connectivity index (χ0n) is 11.5. The van der Waals surface area contributed by atoms with Crippen LogP contribution in [0.2, 0.25) is 0 Å². The van der Waals surface area contributed by atoms with Crippen molar-refractivity contribution in [2.24, 2.45) is 5.73 Å². The lowest BCUT2D eigenvalue weighted by atomic mass is 9.95. The fraction of sp³-hybridized carbons (Fsp3) is 0.222. The van der Waals surface area contributed by atoms with Crippen molar-refractivity contribution in [1.82, 2.24) is 0 Å². The van der Waals surface area contributed by atoms with Crippen LogP contribution < -0.4 is 5.73 Å². The zero-order chi connectivity index (χ0) is 13.7. The van der Waals surface area contributed by atoms with Gasteiger partial charge in [-0.15, -0.1) is 0 Å². The second kappa shape index (κ2) is 4.22. The van der Waals surface area contributed by atoms with Gasteiger partial charge in [0, 0.05) is 0 Å². The molecule has 1 unspecified atom stereocenters. The lowest BCUT2D eigenvalue weighted by Gasteiger charge is -2.14. The molecule has 1 atom stereocenters. The van der Waals surface area contributed by atoms with Crippen LogP contribution in [0.4, 0.5) is 0 Å².